The normalized spacial score (nSPS) is 15.3. The zero-order valence-electron chi connectivity index (χ0n) is 12.1. The molecule has 1 unspecified atom stereocenters. The van der Waals surface area contributed by atoms with Crippen LogP contribution in [0.5, 0.6) is 0 Å². The predicted octanol–water partition coefficient (Wildman–Crippen LogP) is 4.23. The number of rotatable bonds is 3. The molecule has 2 aromatic rings. The lowest BCUT2D eigenvalue weighted by Crippen LogP contribution is -2.40. The van der Waals surface area contributed by atoms with Gasteiger partial charge in [-0.3, -0.25) is 4.79 Å². The standard InChI is InChI=1S/C18H17BrClNO/c19-16(11-14-6-3-4-8-17(14)20)18(22)21-10-9-13-5-1-2-7-15(13)12-21/h1-8,16H,9-12H2. The van der Waals surface area contributed by atoms with E-state index in [-0.39, 0.29) is 10.7 Å². The Morgan fingerprint density at radius 2 is 1.82 bits per heavy atom. The van der Waals surface area contributed by atoms with E-state index in [0.717, 1.165) is 18.5 Å². The number of carbonyl (C=O) groups excluding carboxylic acids is 1. The molecular formula is C18H17BrClNO. The van der Waals surface area contributed by atoms with Gasteiger partial charge in [0, 0.05) is 18.1 Å². The number of alkyl halides is 1. The van der Waals surface area contributed by atoms with Gasteiger partial charge in [0.25, 0.3) is 0 Å². The molecule has 0 spiro atoms. The van der Waals surface area contributed by atoms with Gasteiger partial charge >= 0.3 is 0 Å². The summed E-state index contributed by atoms with van der Waals surface area (Å²) in [6.45, 7) is 1.47. The first-order chi connectivity index (χ1) is 10.6. The molecule has 0 saturated carbocycles. The smallest absolute Gasteiger partial charge is 0.237 e. The van der Waals surface area contributed by atoms with E-state index in [0.29, 0.717) is 18.0 Å². The lowest BCUT2D eigenvalue weighted by atomic mass is 9.99. The summed E-state index contributed by atoms with van der Waals surface area (Å²) < 4.78 is 0. The van der Waals surface area contributed by atoms with Crippen LogP contribution in [-0.2, 0) is 24.2 Å². The van der Waals surface area contributed by atoms with Gasteiger partial charge in [0.05, 0.1) is 4.83 Å². The van der Waals surface area contributed by atoms with Gasteiger partial charge in [0.1, 0.15) is 0 Å². The van der Waals surface area contributed by atoms with Crippen molar-refractivity contribution >= 4 is 33.4 Å². The third-order valence-electron chi connectivity index (χ3n) is 4.07. The molecule has 0 bridgehead atoms. The van der Waals surface area contributed by atoms with Crippen LogP contribution in [0.15, 0.2) is 48.5 Å². The number of hydrogen-bond donors (Lipinski definition) is 0. The highest BCUT2D eigenvalue weighted by atomic mass is 79.9. The number of hydrogen-bond acceptors (Lipinski definition) is 1. The van der Waals surface area contributed by atoms with E-state index in [1.54, 1.807) is 0 Å². The Bertz CT molecular complexity index is 688. The van der Waals surface area contributed by atoms with Crippen LogP contribution in [0.2, 0.25) is 5.02 Å². The monoisotopic (exact) mass is 377 g/mol. The Kier molecular flexibility index (Phi) is 4.84. The number of fused-ring (bicyclic) bond motifs is 1. The van der Waals surface area contributed by atoms with E-state index in [4.69, 9.17) is 11.6 Å². The zero-order chi connectivity index (χ0) is 15.5. The maximum atomic E-state index is 12.7. The Morgan fingerprint density at radius 1 is 1.14 bits per heavy atom. The molecule has 0 aliphatic carbocycles. The number of halogens is 2. The number of nitrogens with zero attached hydrogens (tertiary/aromatic N) is 1. The van der Waals surface area contributed by atoms with Crippen molar-refractivity contribution in [3.05, 3.63) is 70.2 Å². The van der Waals surface area contributed by atoms with Crippen LogP contribution in [0.1, 0.15) is 16.7 Å². The summed E-state index contributed by atoms with van der Waals surface area (Å²) >= 11 is 9.72. The first-order valence-electron chi connectivity index (χ1n) is 7.38. The van der Waals surface area contributed by atoms with Crippen molar-refractivity contribution in [2.75, 3.05) is 6.54 Å². The average Bonchev–Trinajstić information content (AvgIpc) is 2.55. The molecule has 0 aromatic heterocycles. The summed E-state index contributed by atoms with van der Waals surface area (Å²) in [5.74, 6) is 0.134. The Balaban J connectivity index is 1.68. The second kappa shape index (κ2) is 6.84. The molecule has 114 valence electrons. The van der Waals surface area contributed by atoms with Gasteiger partial charge in [-0.05, 0) is 35.6 Å². The first kappa shape index (κ1) is 15.6. The van der Waals surface area contributed by atoms with Crippen LogP contribution in [-0.4, -0.2) is 22.2 Å². The summed E-state index contributed by atoms with van der Waals surface area (Å²) in [7, 11) is 0. The number of benzene rings is 2. The van der Waals surface area contributed by atoms with Crippen molar-refractivity contribution in [3.63, 3.8) is 0 Å². The van der Waals surface area contributed by atoms with E-state index in [9.17, 15) is 4.79 Å². The summed E-state index contributed by atoms with van der Waals surface area (Å²) in [4.78, 5) is 14.4. The third-order valence-corrected chi connectivity index (χ3v) is 5.15. The highest BCUT2D eigenvalue weighted by Gasteiger charge is 2.26. The summed E-state index contributed by atoms with van der Waals surface area (Å²) in [6, 6.07) is 16.0. The average molecular weight is 379 g/mol. The van der Waals surface area contributed by atoms with E-state index < -0.39 is 0 Å². The van der Waals surface area contributed by atoms with E-state index in [1.807, 2.05) is 35.2 Å². The van der Waals surface area contributed by atoms with Crippen LogP contribution < -0.4 is 0 Å². The molecule has 22 heavy (non-hydrogen) atoms. The molecule has 1 atom stereocenters. The fraction of sp³-hybridized carbons (Fsp3) is 0.278. The Morgan fingerprint density at radius 3 is 2.59 bits per heavy atom. The van der Waals surface area contributed by atoms with Gasteiger partial charge in [-0.2, -0.15) is 0 Å². The van der Waals surface area contributed by atoms with Gasteiger partial charge in [0.15, 0.2) is 0 Å². The van der Waals surface area contributed by atoms with Gasteiger partial charge in [-0.25, -0.2) is 0 Å². The molecule has 4 heteroatoms. The van der Waals surface area contributed by atoms with Crippen molar-refractivity contribution in [1.29, 1.82) is 0 Å². The molecule has 1 heterocycles. The topological polar surface area (TPSA) is 20.3 Å². The quantitative estimate of drug-likeness (QED) is 0.732. The van der Waals surface area contributed by atoms with Gasteiger partial charge in [-0.15, -0.1) is 0 Å². The minimum Gasteiger partial charge on any atom is -0.337 e. The highest BCUT2D eigenvalue weighted by molar-refractivity contribution is 9.10. The maximum Gasteiger partial charge on any atom is 0.237 e. The van der Waals surface area contributed by atoms with Crippen molar-refractivity contribution in [2.45, 2.75) is 24.2 Å². The summed E-state index contributed by atoms with van der Waals surface area (Å²) in [6.07, 6.45) is 1.53. The summed E-state index contributed by atoms with van der Waals surface area (Å²) in [5, 5.41) is 0.712. The minimum absolute atomic E-state index is 0.134. The summed E-state index contributed by atoms with van der Waals surface area (Å²) in [5.41, 5.74) is 3.60. The lowest BCUT2D eigenvalue weighted by Gasteiger charge is -2.30. The molecule has 0 N–H and O–H groups in total. The van der Waals surface area contributed by atoms with Crippen molar-refractivity contribution in [1.82, 2.24) is 4.90 Å². The Hall–Kier alpha value is -1.32. The van der Waals surface area contributed by atoms with E-state index in [1.165, 1.54) is 11.1 Å². The third kappa shape index (κ3) is 3.36. The van der Waals surface area contributed by atoms with E-state index >= 15 is 0 Å². The molecule has 3 rings (SSSR count). The molecule has 0 fully saturated rings. The molecule has 0 saturated heterocycles. The van der Waals surface area contributed by atoms with Crippen LogP contribution in [0.3, 0.4) is 0 Å². The molecule has 2 nitrogen and oxygen atoms in total. The molecule has 1 aliphatic rings. The van der Waals surface area contributed by atoms with Crippen LogP contribution in [0.25, 0.3) is 0 Å². The van der Waals surface area contributed by atoms with Crippen LogP contribution in [0, 0.1) is 0 Å². The molecule has 0 radical (unpaired) electrons. The first-order valence-corrected chi connectivity index (χ1v) is 8.67. The van der Waals surface area contributed by atoms with Gasteiger partial charge < -0.3 is 4.90 Å². The van der Waals surface area contributed by atoms with Crippen molar-refractivity contribution in [2.24, 2.45) is 0 Å². The maximum absolute atomic E-state index is 12.7. The second-order valence-electron chi connectivity index (χ2n) is 5.54. The minimum atomic E-state index is -0.238. The predicted molar refractivity (Wildman–Crippen MR) is 93.4 cm³/mol. The zero-order valence-corrected chi connectivity index (χ0v) is 14.5. The highest BCUT2D eigenvalue weighted by Crippen LogP contribution is 2.23. The van der Waals surface area contributed by atoms with Crippen LogP contribution in [0.4, 0.5) is 0 Å². The lowest BCUT2D eigenvalue weighted by molar-refractivity contribution is -0.131. The van der Waals surface area contributed by atoms with Crippen LogP contribution >= 0.6 is 27.5 Å². The van der Waals surface area contributed by atoms with Gasteiger partial charge in [-0.1, -0.05) is 70.0 Å². The molecule has 1 aliphatic heterocycles. The molecule has 1 amide bonds. The molecule has 2 aromatic carbocycles. The fourth-order valence-electron chi connectivity index (χ4n) is 2.83. The SMILES string of the molecule is O=C(C(Br)Cc1ccccc1Cl)N1CCc2ccccc2C1. The number of amides is 1. The van der Waals surface area contributed by atoms with Gasteiger partial charge in [0.2, 0.25) is 5.91 Å². The molecular weight excluding hydrogens is 362 g/mol. The number of carbonyl (C=O) groups is 1. The van der Waals surface area contributed by atoms with Crippen molar-refractivity contribution < 1.29 is 4.79 Å². The largest absolute Gasteiger partial charge is 0.337 e. The van der Waals surface area contributed by atoms with E-state index in [2.05, 4.69) is 34.1 Å². The van der Waals surface area contributed by atoms with Crippen molar-refractivity contribution in [3.8, 4) is 0 Å². The Labute approximate surface area is 144 Å². The fourth-order valence-corrected chi connectivity index (χ4v) is 3.68. The second-order valence-corrected chi connectivity index (χ2v) is 7.05.